The summed E-state index contributed by atoms with van der Waals surface area (Å²) in [6.07, 6.45) is 0.445. The minimum absolute atomic E-state index is 0.162. The number of nitrogens with two attached hydrogens (primary N) is 1. The lowest BCUT2D eigenvalue weighted by Crippen LogP contribution is -2.34. The van der Waals surface area contributed by atoms with E-state index in [9.17, 15) is 4.79 Å². The van der Waals surface area contributed by atoms with Gasteiger partial charge in [0.25, 0.3) is 0 Å². The van der Waals surface area contributed by atoms with Crippen LogP contribution >= 0.6 is 23.2 Å². The Kier molecular flexibility index (Phi) is 2.41. The maximum absolute atomic E-state index is 10.8. The lowest BCUT2D eigenvalue weighted by atomic mass is 10.1. The molecule has 0 saturated heterocycles. The Bertz CT molecular complexity index is 435. The van der Waals surface area contributed by atoms with Gasteiger partial charge in [0, 0.05) is 5.92 Å². The molecule has 1 aliphatic carbocycles. The molecule has 5 heteroatoms. The van der Waals surface area contributed by atoms with Crippen molar-refractivity contribution in [3.63, 3.8) is 0 Å². The molecule has 0 spiro atoms. The molecule has 0 bridgehead atoms. The molecule has 0 aromatic heterocycles. The van der Waals surface area contributed by atoms with Gasteiger partial charge in [-0.25, -0.2) is 0 Å². The van der Waals surface area contributed by atoms with Crippen molar-refractivity contribution in [2.75, 3.05) is 0 Å². The Labute approximate surface area is 96.8 Å². The molecule has 1 saturated carbocycles. The fourth-order valence-electron chi connectivity index (χ4n) is 1.66. The summed E-state index contributed by atoms with van der Waals surface area (Å²) in [4.78, 5) is 10.8. The number of carboxylic acids is 1. The summed E-state index contributed by atoms with van der Waals surface area (Å²) in [6, 6.07) is 5.09. The molecule has 1 aromatic rings. The summed E-state index contributed by atoms with van der Waals surface area (Å²) in [5.41, 5.74) is 5.38. The molecule has 15 heavy (non-hydrogen) atoms. The zero-order valence-corrected chi connectivity index (χ0v) is 9.22. The van der Waals surface area contributed by atoms with Crippen molar-refractivity contribution in [3.05, 3.63) is 33.8 Å². The van der Waals surface area contributed by atoms with Gasteiger partial charge in [0.2, 0.25) is 0 Å². The Balaban J connectivity index is 2.27. The molecule has 80 valence electrons. The van der Waals surface area contributed by atoms with Gasteiger partial charge in [-0.1, -0.05) is 29.3 Å². The zero-order valence-electron chi connectivity index (χ0n) is 7.71. The number of aliphatic carboxylic acids is 1. The van der Waals surface area contributed by atoms with Crippen molar-refractivity contribution in [2.24, 2.45) is 5.73 Å². The van der Waals surface area contributed by atoms with Gasteiger partial charge < -0.3 is 10.8 Å². The summed E-state index contributed by atoms with van der Waals surface area (Å²) in [6.45, 7) is 0. The van der Waals surface area contributed by atoms with Crippen molar-refractivity contribution in [3.8, 4) is 0 Å². The first kappa shape index (κ1) is 10.7. The predicted octanol–water partition coefficient (Wildman–Crippen LogP) is 2.26. The van der Waals surface area contributed by atoms with Crippen LogP contribution in [-0.2, 0) is 4.79 Å². The Morgan fingerprint density at radius 1 is 1.47 bits per heavy atom. The van der Waals surface area contributed by atoms with Crippen LogP contribution in [0.25, 0.3) is 0 Å². The van der Waals surface area contributed by atoms with E-state index in [2.05, 4.69) is 0 Å². The first-order valence-corrected chi connectivity index (χ1v) is 5.18. The third kappa shape index (κ3) is 1.71. The normalized spacial score (nSPS) is 28.9. The first-order valence-electron chi connectivity index (χ1n) is 4.42. The standard InChI is InChI=1S/C10H9Cl2NO2/c11-7-2-1-5(3-8(7)12)6-4-10(6,13)9(14)15/h1-3,6H,4,13H2,(H,14,15)/t6-,10-/m0/s1. The summed E-state index contributed by atoms with van der Waals surface area (Å²) in [5.74, 6) is -1.14. The number of carbonyl (C=O) groups is 1. The molecule has 2 atom stereocenters. The topological polar surface area (TPSA) is 63.3 Å². The van der Waals surface area contributed by atoms with E-state index < -0.39 is 11.5 Å². The van der Waals surface area contributed by atoms with Gasteiger partial charge in [0.05, 0.1) is 10.0 Å². The minimum atomic E-state index is -1.13. The second-order valence-corrected chi connectivity index (χ2v) is 4.59. The number of carboxylic acid groups (broad SMARTS) is 1. The first-order chi connectivity index (χ1) is 6.95. The van der Waals surface area contributed by atoms with Crippen LogP contribution in [-0.4, -0.2) is 16.6 Å². The van der Waals surface area contributed by atoms with Crippen LogP contribution in [0.15, 0.2) is 18.2 Å². The van der Waals surface area contributed by atoms with Crippen molar-refractivity contribution in [2.45, 2.75) is 17.9 Å². The highest BCUT2D eigenvalue weighted by Crippen LogP contribution is 2.50. The lowest BCUT2D eigenvalue weighted by molar-refractivity contribution is -0.139. The van der Waals surface area contributed by atoms with Crippen molar-refractivity contribution in [1.29, 1.82) is 0 Å². The predicted molar refractivity (Wildman–Crippen MR) is 58.4 cm³/mol. The minimum Gasteiger partial charge on any atom is -0.480 e. The maximum Gasteiger partial charge on any atom is 0.324 e. The van der Waals surface area contributed by atoms with Crippen LogP contribution < -0.4 is 5.73 Å². The number of hydrogen-bond donors (Lipinski definition) is 2. The van der Waals surface area contributed by atoms with Crippen LogP contribution in [0.2, 0.25) is 10.0 Å². The quantitative estimate of drug-likeness (QED) is 0.841. The summed E-state index contributed by atoms with van der Waals surface area (Å²) >= 11 is 11.6. The average molecular weight is 246 g/mol. The van der Waals surface area contributed by atoms with E-state index in [1.807, 2.05) is 0 Å². The van der Waals surface area contributed by atoms with Gasteiger partial charge in [0.15, 0.2) is 0 Å². The number of benzene rings is 1. The van der Waals surface area contributed by atoms with Gasteiger partial charge in [-0.2, -0.15) is 0 Å². The Morgan fingerprint density at radius 3 is 2.60 bits per heavy atom. The highest BCUT2D eigenvalue weighted by atomic mass is 35.5. The van der Waals surface area contributed by atoms with Gasteiger partial charge in [0.1, 0.15) is 5.54 Å². The fourth-order valence-corrected chi connectivity index (χ4v) is 1.97. The monoisotopic (exact) mass is 245 g/mol. The van der Waals surface area contributed by atoms with Crippen molar-refractivity contribution >= 4 is 29.2 Å². The molecule has 1 aliphatic rings. The van der Waals surface area contributed by atoms with Gasteiger partial charge in [-0.3, -0.25) is 4.79 Å². The third-order valence-corrected chi connectivity index (χ3v) is 3.49. The molecule has 0 radical (unpaired) electrons. The Morgan fingerprint density at radius 2 is 2.13 bits per heavy atom. The number of halogens is 2. The van der Waals surface area contributed by atoms with Crippen LogP contribution in [0, 0.1) is 0 Å². The second kappa shape index (κ2) is 3.37. The molecule has 3 nitrogen and oxygen atoms in total. The van der Waals surface area contributed by atoms with Crippen molar-refractivity contribution < 1.29 is 9.90 Å². The van der Waals surface area contributed by atoms with Gasteiger partial charge >= 0.3 is 5.97 Å². The number of hydrogen-bond acceptors (Lipinski definition) is 2. The smallest absolute Gasteiger partial charge is 0.324 e. The molecule has 3 N–H and O–H groups in total. The fraction of sp³-hybridized carbons (Fsp3) is 0.300. The molecule has 1 fully saturated rings. The SMILES string of the molecule is N[C@@]1(C(=O)O)C[C@H]1c1ccc(Cl)c(Cl)c1. The molecule has 2 rings (SSSR count). The van der Waals surface area contributed by atoms with E-state index in [1.165, 1.54) is 0 Å². The van der Waals surface area contributed by atoms with E-state index in [0.717, 1.165) is 5.56 Å². The van der Waals surface area contributed by atoms with E-state index in [-0.39, 0.29) is 5.92 Å². The third-order valence-electron chi connectivity index (χ3n) is 2.75. The van der Waals surface area contributed by atoms with Gasteiger partial charge in [-0.05, 0) is 24.1 Å². The van der Waals surface area contributed by atoms with Crippen LogP contribution in [0.3, 0.4) is 0 Å². The molecule has 0 amide bonds. The molecule has 1 aromatic carbocycles. The van der Waals surface area contributed by atoms with E-state index in [4.69, 9.17) is 34.0 Å². The molecule has 0 heterocycles. The lowest BCUT2D eigenvalue weighted by Gasteiger charge is -2.06. The molecular formula is C10H9Cl2NO2. The highest BCUT2D eigenvalue weighted by molar-refractivity contribution is 6.42. The van der Waals surface area contributed by atoms with Crippen LogP contribution in [0.5, 0.6) is 0 Å². The summed E-state index contributed by atoms with van der Waals surface area (Å²) in [5, 5.41) is 9.77. The van der Waals surface area contributed by atoms with Gasteiger partial charge in [-0.15, -0.1) is 0 Å². The molecule has 0 unspecified atom stereocenters. The van der Waals surface area contributed by atoms with Crippen LogP contribution in [0.1, 0.15) is 17.9 Å². The average Bonchev–Trinajstić information content (AvgIpc) is 2.85. The Hall–Kier alpha value is -0.770. The summed E-state index contributed by atoms with van der Waals surface area (Å²) < 4.78 is 0. The van der Waals surface area contributed by atoms with E-state index in [1.54, 1.807) is 18.2 Å². The summed E-state index contributed by atoms with van der Waals surface area (Å²) in [7, 11) is 0. The van der Waals surface area contributed by atoms with E-state index in [0.29, 0.717) is 16.5 Å². The molecular weight excluding hydrogens is 237 g/mol. The van der Waals surface area contributed by atoms with Crippen LogP contribution in [0.4, 0.5) is 0 Å². The largest absolute Gasteiger partial charge is 0.480 e. The van der Waals surface area contributed by atoms with E-state index >= 15 is 0 Å². The van der Waals surface area contributed by atoms with Crippen molar-refractivity contribution in [1.82, 2.24) is 0 Å². The zero-order chi connectivity index (χ0) is 11.2. The highest BCUT2D eigenvalue weighted by Gasteiger charge is 2.58. The second-order valence-electron chi connectivity index (χ2n) is 3.78. The number of rotatable bonds is 2. The molecule has 0 aliphatic heterocycles. The maximum atomic E-state index is 10.8.